The van der Waals surface area contributed by atoms with Crippen LogP contribution in [0.2, 0.25) is 0 Å². The zero-order valence-electron chi connectivity index (χ0n) is 10.4. The molecule has 18 heavy (non-hydrogen) atoms. The van der Waals surface area contributed by atoms with Crippen LogP contribution < -0.4 is 0 Å². The van der Waals surface area contributed by atoms with Crippen molar-refractivity contribution < 1.29 is 17.6 Å². The number of rotatable bonds is 1. The van der Waals surface area contributed by atoms with Gasteiger partial charge in [0.2, 0.25) is 0 Å². The van der Waals surface area contributed by atoms with Crippen LogP contribution in [0.4, 0.5) is 17.6 Å². The minimum absolute atomic E-state index is 0.376. The zero-order chi connectivity index (χ0) is 13.6. The zero-order valence-corrected chi connectivity index (χ0v) is 10.4. The molecule has 100 valence electrons. The summed E-state index contributed by atoms with van der Waals surface area (Å²) < 4.78 is 54.9. The van der Waals surface area contributed by atoms with Crippen LogP contribution in [0.15, 0.2) is 34.9 Å². The molecule has 0 amide bonds. The molecule has 0 fully saturated rings. The molecule has 0 aromatic heterocycles. The molecule has 0 spiro atoms. The number of halogens is 4. The molecular formula is C14H16F4. The SMILES string of the molecule is CC1=CC=C(C2=CCC(C)CC2)C(F)(F)C1(F)F. The molecular weight excluding hydrogens is 244 g/mol. The average molecular weight is 260 g/mol. The third-order valence-electron chi connectivity index (χ3n) is 3.75. The van der Waals surface area contributed by atoms with Crippen molar-refractivity contribution in [3.63, 3.8) is 0 Å². The summed E-state index contributed by atoms with van der Waals surface area (Å²) in [7, 11) is 0. The van der Waals surface area contributed by atoms with Gasteiger partial charge in [-0.1, -0.05) is 25.2 Å². The maximum absolute atomic E-state index is 13.9. The molecule has 2 rings (SSSR count). The van der Waals surface area contributed by atoms with Crippen molar-refractivity contribution in [1.29, 1.82) is 0 Å². The normalized spacial score (nSPS) is 30.3. The monoisotopic (exact) mass is 260 g/mol. The van der Waals surface area contributed by atoms with Gasteiger partial charge >= 0.3 is 11.8 Å². The van der Waals surface area contributed by atoms with Crippen molar-refractivity contribution in [1.82, 2.24) is 0 Å². The van der Waals surface area contributed by atoms with E-state index in [0.717, 1.165) is 25.5 Å². The van der Waals surface area contributed by atoms with Gasteiger partial charge in [-0.05, 0) is 37.7 Å². The van der Waals surface area contributed by atoms with Gasteiger partial charge in [-0.2, -0.15) is 17.6 Å². The van der Waals surface area contributed by atoms with E-state index in [1.165, 1.54) is 0 Å². The summed E-state index contributed by atoms with van der Waals surface area (Å²) in [6.07, 6.45) is 5.83. The van der Waals surface area contributed by atoms with Crippen molar-refractivity contribution in [3.8, 4) is 0 Å². The second kappa shape index (κ2) is 4.25. The molecule has 0 saturated carbocycles. The van der Waals surface area contributed by atoms with Gasteiger partial charge in [0.25, 0.3) is 0 Å². The number of allylic oxidation sites excluding steroid dienone is 6. The summed E-state index contributed by atoms with van der Waals surface area (Å²) in [6, 6.07) is 0. The molecule has 0 N–H and O–H groups in total. The molecule has 2 aliphatic rings. The Morgan fingerprint density at radius 1 is 1.11 bits per heavy atom. The van der Waals surface area contributed by atoms with Gasteiger partial charge in [-0.25, -0.2) is 0 Å². The first kappa shape index (κ1) is 13.4. The lowest BCUT2D eigenvalue weighted by Crippen LogP contribution is -2.45. The van der Waals surface area contributed by atoms with E-state index in [2.05, 4.69) is 0 Å². The van der Waals surface area contributed by atoms with E-state index in [4.69, 9.17) is 0 Å². The third kappa shape index (κ3) is 1.91. The van der Waals surface area contributed by atoms with Crippen LogP contribution in [-0.2, 0) is 0 Å². The van der Waals surface area contributed by atoms with E-state index in [0.29, 0.717) is 24.3 Å². The van der Waals surface area contributed by atoms with Crippen molar-refractivity contribution in [2.45, 2.75) is 45.0 Å². The van der Waals surface area contributed by atoms with Crippen molar-refractivity contribution in [2.24, 2.45) is 5.92 Å². The molecule has 0 bridgehead atoms. The Kier molecular flexibility index (Phi) is 3.16. The van der Waals surface area contributed by atoms with E-state index < -0.39 is 23.0 Å². The number of alkyl halides is 4. The molecule has 4 heteroatoms. The molecule has 1 atom stereocenters. The molecule has 0 aromatic carbocycles. The van der Waals surface area contributed by atoms with Gasteiger partial charge in [0.05, 0.1) is 0 Å². The number of hydrogen-bond acceptors (Lipinski definition) is 0. The van der Waals surface area contributed by atoms with Gasteiger partial charge in [-0.3, -0.25) is 0 Å². The van der Waals surface area contributed by atoms with Crippen LogP contribution in [0.5, 0.6) is 0 Å². The lowest BCUT2D eigenvalue weighted by Gasteiger charge is -2.34. The van der Waals surface area contributed by atoms with Crippen molar-refractivity contribution in [2.75, 3.05) is 0 Å². The highest BCUT2D eigenvalue weighted by molar-refractivity contribution is 5.47. The number of hydrogen-bond donors (Lipinski definition) is 0. The fourth-order valence-electron chi connectivity index (χ4n) is 2.35. The van der Waals surface area contributed by atoms with Gasteiger partial charge in [0, 0.05) is 11.1 Å². The fourth-order valence-corrected chi connectivity index (χ4v) is 2.35. The average Bonchev–Trinajstić information content (AvgIpc) is 2.29. The summed E-state index contributed by atoms with van der Waals surface area (Å²) >= 11 is 0. The molecule has 0 aliphatic heterocycles. The Morgan fingerprint density at radius 2 is 1.78 bits per heavy atom. The molecule has 1 unspecified atom stereocenters. The van der Waals surface area contributed by atoms with E-state index in [9.17, 15) is 17.6 Å². The lowest BCUT2D eigenvalue weighted by atomic mass is 9.81. The summed E-state index contributed by atoms with van der Waals surface area (Å²) in [5.74, 6) is -7.75. The van der Waals surface area contributed by atoms with E-state index in [-0.39, 0.29) is 0 Å². The second-order valence-corrected chi connectivity index (χ2v) is 5.19. The Morgan fingerprint density at radius 3 is 2.33 bits per heavy atom. The first-order valence-corrected chi connectivity index (χ1v) is 6.11. The van der Waals surface area contributed by atoms with E-state index >= 15 is 0 Å². The maximum Gasteiger partial charge on any atom is 0.339 e. The first-order chi connectivity index (χ1) is 8.26. The minimum atomic E-state index is -4.10. The molecule has 0 nitrogen and oxygen atoms in total. The van der Waals surface area contributed by atoms with Gasteiger partial charge < -0.3 is 0 Å². The first-order valence-electron chi connectivity index (χ1n) is 6.11. The minimum Gasteiger partial charge on any atom is -0.194 e. The maximum atomic E-state index is 13.9. The van der Waals surface area contributed by atoms with Crippen molar-refractivity contribution in [3.05, 3.63) is 34.9 Å². The Labute approximate surface area is 104 Å². The van der Waals surface area contributed by atoms with Crippen LogP contribution in [0.1, 0.15) is 33.1 Å². The lowest BCUT2D eigenvalue weighted by molar-refractivity contribution is -0.161. The highest BCUT2D eigenvalue weighted by Crippen LogP contribution is 2.50. The Balaban J connectivity index is 2.39. The highest BCUT2D eigenvalue weighted by atomic mass is 19.3. The van der Waals surface area contributed by atoms with Crippen molar-refractivity contribution >= 4 is 0 Å². The van der Waals surface area contributed by atoms with Gasteiger partial charge in [0.15, 0.2) is 0 Å². The highest BCUT2D eigenvalue weighted by Gasteiger charge is 2.61. The molecule has 0 heterocycles. The quantitative estimate of drug-likeness (QED) is 0.589. The van der Waals surface area contributed by atoms with Gasteiger partial charge in [-0.15, -0.1) is 0 Å². The standard InChI is InChI=1S/C14H16F4/c1-9-3-6-11(7-4-9)12-8-5-10(2)13(15,16)14(12,17)18/h5-6,8-9H,3-4,7H2,1-2H3. The third-order valence-corrected chi connectivity index (χ3v) is 3.75. The van der Waals surface area contributed by atoms with Crippen LogP contribution >= 0.6 is 0 Å². The summed E-state index contributed by atoms with van der Waals surface area (Å²) in [4.78, 5) is 0. The summed E-state index contributed by atoms with van der Waals surface area (Å²) in [5, 5.41) is 0. The molecule has 2 aliphatic carbocycles. The molecule has 0 saturated heterocycles. The van der Waals surface area contributed by atoms with E-state index in [1.807, 2.05) is 6.92 Å². The predicted molar refractivity (Wildman–Crippen MR) is 62.8 cm³/mol. The smallest absolute Gasteiger partial charge is 0.194 e. The van der Waals surface area contributed by atoms with Crippen LogP contribution in [0.3, 0.4) is 0 Å². The Hall–Kier alpha value is -1.06. The fraction of sp³-hybridized carbons (Fsp3) is 0.571. The van der Waals surface area contributed by atoms with Crippen LogP contribution in [0, 0.1) is 5.92 Å². The Bertz CT molecular complexity index is 441. The second-order valence-electron chi connectivity index (χ2n) is 5.19. The summed E-state index contributed by atoms with van der Waals surface area (Å²) in [5.41, 5.74) is -0.715. The van der Waals surface area contributed by atoms with Gasteiger partial charge in [0.1, 0.15) is 0 Å². The van der Waals surface area contributed by atoms with Crippen LogP contribution in [0.25, 0.3) is 0 Å². The predicted octanol–water partition coefficient (Wildman–Crippen LogP) is 4.89. The topological polar surface area (TPSA) is 0 Å². The van der Waals surface area contributed by atoms with E-state index in [1.54, 1.807) is 6.08 Å². The largest absolute Gasteiger partial charge is 0.339 e. The van der Waals surface area contributed by atoms with Crippen LogP contribution in [-0.4, -0.2) is 11.8 Å². The molecule has 0 aromatic rings. The molecule has 0 radical (unpaired) electrons. The summed E-state index contributed by atoms with van der Waals surface area (Å²) in [6.45, 7) is 3.07.